The quantitative estimate of drug-likeness (QED) is 0.394. The van der Waals surface area contributed by atoms with Gasteiger partial charge in [0.15, 0.2) is 17.3 Å². The SMILES string of the molecule is COc1ccc(C(=O)C[C@H](Cc2cc(OC)c(OC)c(OC)c2OC)OC(C)=O)cc1. The second-order valence-electron chi connectivity index (χ2n) is 6.63. The fourth-order valence-corrected chi connectivity index (χ4v) is 3.29. The summed E-state index contributed by atoms with van der Waals surface area (Å²) in [7, 11) is 7.54. The van der Waals surface area contributed by atoms with Gasteiger partial charge in [-0.25, -0.2) is 0 Å². The maximum absolute atomic E-state index is 12.8. The van der Waals surface area contributed by atoms with Crippen LogP contribution in [0.25, 0.3) is 0 Å². The predicted molar refractivity (Wildman–Crippen MR) is 114 cm³/mol. The van der Waals surface area contributed by atoms with E-state index in [0.29, 0.717) is 39.9 Å². The molecule has 0 spiro atoms. The fourth-order valence-electron chi connectivity index (χ4n) is 3.29. The molecule has 0 radical (unpaired) electrons. The molecule has 0 saturated carbocycles. The minimum Gasteiger partial charge on any atom is -0.497 e. The van der Waals surface area contributed by atoms with Gasteiger partial charge in [0.1, 0.15) is 11.9 Å². The second kappa shape index (κ2) is 11.1. The van der Waals surface area contributed by atoms with E-state index in [0.717, 1.165) is 0 Å². The van der Waals surface area contributed by atoms with Crippen LogP contribution < -0.4 is 23.7 Å². The van der Waals surface area contributed by atoms with E-state index in [9.17, 15) is 9.59 Å². The lowest BCUT2D eigenvalue weighted by Gasteiger charge is -2.22. The number of rotatable bonds is 11. The number of hydrogen-bond acceptors (Lipinski definition) is 8. The van der Waals surface area contributed by atoms with Gasteiger partial charge in [0.05, 0.1) is 35.5 Å². The van der Waals surface area contributed by atoms with Crippen molar-refractivity contribution in [3.8, 4) is 28.7 Å². The molecule has 0 heterocycles. The van der Waals surface area contributed by atoms with Gasteiger partial charge in [0, 0.05) is 30.9 Å². The zero-order valence-corrected chi connectivity index (χ0v) is 18.6. The average Bonchev–Trinajstić information content (AvgIpc) is 2.77. The highest BCUT2D eigenvalue weighted by molar-refractivity contribution is 5.96. The summed E-state index contributed by atoms with van der Waals surface area (Å²) in [5, 5.41) is 0. The molecule has 0 bridgehead atoms. The number of methoxy groups -OCH3 is 5. The van der Waals surface area contributed by atoms with Gasteiger partial charge in [0.2, 0.25) is 11.5 Å². The van der Waals surface area contributed by atoms with Crippen molar-refractivity contribution in [2.45, 2.75) is 25.9 Å². The van der Waals surface area contributed by atoms with Crippen LogP contribution >= 0.6 is 0 Å². The first-order valence-corrected chi connectivity index (χ1v) is 9.58. The third kappa shape index (κ3) is 5.81. The summed E-state index contributed by atoms with van der Waals surface area (Å²) in [5.41, 5.74) is 1.14. The first-order chi connectivity index (χ1) is 14.9. The second-order valence-corrected chi connectivity index (χ2v) is 6.63. The molecule has 2 rings (SSSR count). The number of hydrogen-bond donors (Lipinski definition) is 0. The van der Waals surface area contributed by atoms with Gasteiger partial charge >= 0.3 is 5.97 Å². The van der Waals surface area contributed by atoms with Crippen LogP contribution in [-0.4, -0.2) is 53.4 Å². The van der Waals surface area contributed by atoms with Gasteiger partial charge < -0.3 is 28.4 Å². The number of Topliss-reactive ketones (excluding diaryl/α,β-unsaturated/α-hetero) is 1. The summed E-state index contributed by atoms with van der Waals surface area (Å²) in [5.74, 6) is 1.56. The van der Waals surface area contributed by atoms with E-state index in [1.165, 1.54) is 35.4 Å². The van der Waals surface area contributed by atoms with Crippen LogP contribution in [-0.2, 0) is 16.0 Å². The van der Waals surface area contributed by atoms with Gasteiger partial charge in [-0.2, -0.15) is 0 Å². The molecule has 31 heavy (non-hydrogen) atoms. The summed E-state index contributed by atoms with van der Waals surface area (Å²) < 4.78 is 32.3. The molecule has 0 aromatic heterocycles. The smallest absolute Gasteiger partial charge is 0.302 e. The summed E-state index contributed by atoms with van der Waals surface area (Å²) in [6.45, 7) is 1.30. The zero-order chi connectivity index (χ0) is 23.0. The van der Waals surface area contributed by atoms with E-state index < -0.39 is 12.1 Å². The molecule has 0 fully saturated rings. The largest absolute Gasteiger partial charge is 0.497 e. The van der Waals surface area contributed by atoms with E-state index in [1.54, 1.807) is 37.4 Å². The topological polar surface area (TPSA) is 89.5 Å². The number of ether oxygens (including phenoxy) is 6. The maximum atomic E-state index is 12.8. The number of esters is 1. The Morgan fingerprint density at radius 1 is 0.806 bits per heavy atom. The highest BCUT2D eigenvalue weighted by Gasteiger charge is 2.26. The lowest BCUT2D eigenvalue weighted by molar-refractivity contribution is -0.146. The van der Waals surface area contributed by atoms with Crippen LogP contribution in [0.4, 0.5) is 0 Å². The minimum atomic E-state index is -0.719. The Bertz CT molecular complexity index is 905. The molecule has 2 aromatic rings. The first kappa shape index (κ1) is 23.9. The zero-order valence-electron chi connectivity index (χ0n) is 18.6. The number of carbonyl (C=O) groups excluding carboxylic acids is 2. The molecule has 0 unspecified atom stereocenters. The van der Waals surface area contributed by atoms with E-state index in [-0.39, 0.29) is 18.6 Å². The molecule has 168 valence electrons. The Morgan fingerprint density at radius 2 is 1.42 bits per heavy atom. The van der Waals surface area contributed by atoms with Crippen molar-refractivity contribution in [2.24, 2.45) is 0 Å². The highest BCUT2D eigenvalue weighted by atomic mass is 16.6. The Balaban J connectivity index is 2.37. The number of benzene rings is 2. The summed E-state index contributed by atoms with van der Waals surface area (Å²) in [4.78, 5) is 24.5. The monoisotopic (exact) mass is 432 g/mol. The molecular formula is C23H28O8. The molecule has 1 atom stereocenters. The van der Waals surface area contributed by atoms with Crippen molar-refractivity contribution in [3.63, 3.8) is 0 Å². The lowest BCUT2D eigenvalue weighted by atomic mass is 9.98. The van der Waals surface area contributed by atoms with E-state index in [1.807, 2.05) is 0 Å². The third-order valence-corrected chi connectivity index (χ3v) is 4.67. The Kier molecular flexibility index (Phi) is 8.54. The Morgan fingerprint density at radius 3 is 1.90 bits per heavy atom. The number of carbonyl (C=O) groups is 2. The molecule has 0 aliphatic heterocycles. The van der Waals surface area contributed by atoms with Crippen molar-refractivity contribution in [1.29, 1.82) is 0 Å². The maximum Gasteiger partial charge on any atom is 0.302 e. The van der Waals surface area contributed by atoms with Crippen molar-refractivity contribution < 1.29 is 38.0 Å². The van der Waals surface area contributed by atoms with Crippen LogP contribution in [0.15, 0.2) is 30.3 Å². The normalized spacial score (nSPS) is 11.3. The van der Waals surface area contributed by atoms with Crippen LogP contribution in [0.3, 0.4) is 0 Å². The van der Waals surface area contributed by atoms with Crippen LogP contribution in [0.5, 0.6) is 28.7 Å². The minimum absolute atomic E-state index is 0.00821. The molecule has 0 amide bonds. The molecule has 0 saturated heterocycles. The van der Waals surface area contributed by atoms with Gasteiger partial charge in [0.25, 0.3) is 0 Å². The molecule has 0 N–H and O–H groups in total. The molecule has 8 heteroatoms. The van der Waals surface area contributed by atoms with Crippen molar-refractivity contribution in [1.82, 2.24) is 0 Å². The van der Waals surface area contributed by atoms with E-state index in [4.69, 9.17) is 28.4 Å². The van der Waals surface area contributed by atoms with E-state index in [2.05, 4.69) is 0 Å². The van der Waals surface area contributed by atoms with Crippen LogP contribution in [0.2, 0.25) is 0 Å². The van der Waals surface area contributed by atoms with Gasteiger partial charge in [-0.05, 0) is 30.3 Å². The first-order valence-electron chi connectivity index (χ1n) is 9.58. The highest BCUT2D eigenvalue weighted by Crippen LogP contribution is 2.47. The van der Waals surface area contributed by atoms with Crippen molar-refractivity contribution in [3.05, 3.63) is 41.5 Å². The lowest BCUT2D eigenvalue weighted by Crippen LogP contribution is -2.23. The van der Waals surface area contributed by atoms with Gasteiger partial charge in [-0.1, -0.05) is 0 Å². The number of ketones is 1. The van der Waals surface area contributed by atoms with Gasteiger partial charge in [-0.15, -0.1) is 0 Å². The molecular weight excluding hydrogens is 404 g/mol. The fraction of sp³-hybridized carbons (Fsp3) is 0.391. The Hall–Kier alpha value is -3.42. The molecule has 0 aliphatic rings. The molecule has 8 nitrogen and oxygen atoms in total. The summed E-state index contributed by atoms with van der Waals surface area (Å²) >= 11 is 0. The van der Waals surface area contributed by atoms with Gasteiger partial charge in [-0.3, -0.25) is 9.59 Å². The van der Waals surface area contributed by atoms with E-state index >= 15 is 0 Å². The Labute approximate surface area is 182 Å². The third-order valence-electron chi connectivity index (χ3n) is 4.67. The summed E-state index contributed by atoms with van der Waals surface area (Å²) in [6.07, 6.45) is -0.517. The predicted octanol–water partition coefficient (Wildman–Crippen LogP) is 3.48. The van der Waals surface area contributed by atoms with Crippen LogP contribution in [0, 0.1) is 0 Å². The van der Waals surface area contributed by atoms with Crippen molar-refractivity contribution in [2.75, 3.05) is 35.5 Å². The molecule has 0 aliphatic carbocycles. The van der Waals surface area contributed by atoms with Crippen LogP contribution in [0.1, 0.15) is 29.3 Å². The average molecular weight is 432 g/mol. The standard InChI is InChI=1S/C23H28O8/c1-14(24)31-18(13-19(25)15-7-9-17(26-2)10-8-15)11-16-12-20(27-3)22(29-5)23(30-6)21(16)28-4/h7-10,12,18H,11,13H2,1-6H3/t18-/m0/s1. The van der Waals surface area contributed by atoms with Crippen molar-refractivity contribution >= 4 is 11.8 Å². The molecule has 2 aromatic carbocycles. The summed E-state index contributed by atoms with van der Waals surface area (Å²) in [6, 6.07) is 8.47.